The van der Waals surface area contributed by atoms with E-state index in [9.17, 15) is 9.59 Å². The summed E-state index contributed by atoms with van der Waals surface area (Å²) in [6, 6.07) is 20.9. The molecule has 0 bridgehead atoms. The van der Waals surface area contributed by atoms with Crippen molar-refractivity contribution in [1.82, 2.24) is 5.43 Å². The second kappa shape index (κ2) is 10.2. The molecule has 3 aromatic rings. The zero-order chi connectivity index (χ0) is 21.3. The van der Waals surface area contributed by atoms with Gasteiger partial charge in [-0.15, -0.1) is 0 Å². The van der Waals surface area contributed by atoms with Crippen LogP contribution in [0.4, 0.5) is 0 Å². The zero-order valence-electron chi connectivity index (χ0n) is 16.2. The normalized spacial score (nSPS) is 10.6. The Bertz CT molecular complexity index is 1070. The molecule has 30 heavy (non-hydrogen) atoms. The van der Waals surface area contributed by atoms with Crippen LogP contribution in [-0.4, -0.2) is 25.2 Å². The average molecular weight is 423 g/mol. The molecule has 1 amide bonds. The number of rotatable bonds is 7. The van der Waals surface area contributed by atoms with Crippen LogP contribution in [0.25, 0.3) is 0 Å². The van der Waals surface area contributed by atoms with Gasteiger partial charge >= 0.3 is 5.97 Å². The number of carbonyl (C=O) groups excluding carboxylic acids is 2. The van der Waals surface area contributed by atoms with Crippen LogP contribution in [0.1, 0.15) is 21.5 Å². The molecule has 3 aromatic carbocycles. The van der Waals surface area contributed by atoms with Gasteiger partial charge in [0.05, 0.1) is 30.3 Å². The predicted molar refractivity (Wildman–Crippen MR) is 115 cm³/mol. The molecule has 0 fully saturated rings. The van der Waals surface area contributed by atoms with Crippen molar-refractivity contribution in [2.75, 3.05) is 7.11 Å². The van der Waals surface area contributed by atoms with E-state index in [4.69, 9.17) is 21.1 Å². The van der Waals surface area contributed by atoms with Crippen molar-refractivity contribution in [2.24, 2.45) is 5.10 Å². The number of methoxy groups -OCH3 is 1. The van der Waals surface area contributed by atoms with E-state index in [2.05, 4.69) is 10.5 Å². The first-order chi connectivity index (χ1) is 14.6. The van der Waals surface area contributed by atoms with Crippen LogP contribution in [-0.2, 0) is 11.2 Å². The van der Waals surface area contributed by atoms with E-state index < -0.39 is 5.97 Å². The van der Waals surface area contributed by atoms with Gasteiger partial charge in [0.1, 0.15) is 0 Å². The van der Waals surface area contributed by atoms with Gasteiger partial charge in [0.15, 0.2) is 11.5 Å². The first kappa shape index (κ1) is 21.1. The molecular weight excluding hydrogens is 404 g/mol. The fourth-order valence-electron chi connectivity index (χ4n) is 2.63. The summed E-state index contributed by atoms with van der Waals surface area (Å²) in [5.74, 6) is -0.231. The number of hydrogen-bond acceptors (Lipinski definition) is 5. The smallest absolute Gasteiger partial charge is 0.345 e. The molecule has 0 aliphatic carbocycles. The molecule has 7 heteroatoms. The Balaban J connectivity index is 1.63. The summed E-state index contributed by atoms with van der Waals surface area (Å²) < 4.78 is 10.7. The third-order valence-corrected chi connectivity index (χ3v) is 4.42. The van der Waals surface area contributed by atoms with Crippen LogP contribution in [0.5, 0.6) is 11.5 Å². The molecule has 0 heterocycles. The quantitative estimate of drug-likeness (QED) is 0.267. The van der Waals surface area contributed by atoms with E-state index >= 15 is 0 Å². The summed E-state index contributed by atoms with van der Waals surface area (Å²) in [6.45, 7) is 0. The number of nitrogens with zero attached hydrogens (tertiary/aromatic N) is 1. The molecule has 0 spiro atoms. The van der Waals surface area contributed by atoms with Gasteiger partial charge in [-0.1, -0.05) is 54.1 Å². The number of hydrazone groups is 1. The number of amides is 1. The third-order valence-electron chi connectivity index (χ3n) is 4.09. The first-order valence-corrected chi connectivity index (χ1v) is 9.45. The second-order valence-electron chi connectivity index (χ2n) is 6.24. The van der Waals surface area contributed by atoms with Crippen LogP contribution in [0.2, 0.25) is 5.02 Å². The van der Waals surface area contributed by atoms with E-state index in [0.29, 0.717) is 16.3 Å². The predicted octanol–water partition coefficient (Wildman–Crippen LogP) is 4.26. The van der Waals surface area contributed by atoms with Gasteiger partial charge in [0.2, 0.25) is 5.91 Å². The summed E-state index contributed by atoms with van der Waals surface area (Å²) in [7, 11) is 1.46. The second-order valence-corrected chi connectivity index (χ2v) is 6.64. The Labute approximate surface area is 179 Å². The van der Waals surface area contributed by atoms with Gasteiger partial charge in [-0.3, -0.25) is 4.79 Å². The minimum absolute atomic E-state index is 0.227. The van der Waals surface area contributed by atoms with Crippen LogP contribution in [0.15, 0.2) is 77.9 Å². The number of benzene rings is 3. The fourth-order valence-corrected chi connectivity index (χ4v) is 2.84. The van der Waals surface area contributed by atoms with E-state index in [1.54, 1.807) is 42.5 Å². The van der Waals surface area contributed by atoms with Crippen molar-refractivity contribution in [3.05, 3.63) is 94.5 Å². The van der Waals surface area contributed by atoms with Crippen LogP contribution in [0, 0.1) is 0 Å². The number of hydrogen-bond donors (Lipinski definition) is 1. The Morgan fingerprint density at radius 3 is 2.47 bits per heavy atom. The van der Waals surface area contributed by atoms with E-state index in [1.807, 2.05) is 30.3 Å². The third kappa shape index (κ3) is 5.68. The molecule has 0 aliphatic rings. The van der Waals surface area contributed by atoms with E-state index in [-0.39, 0.29) is 23.6 Å². The number of carbonyl (C=O) groups is 2. The van der Waals surface area contributed by atoms with Gasteiger partial charge in [-0.05, 0) is 41.5 Å². The highest BCUT2D eigenvalue weighted by Crippen LogP contribution is 2.29. The molecule has 3 rings (SSSR count). The summed E-state index contributed by atoms with van der Waals surface area (Å²) >= 11 is 6.03. The van der Waals surface area contributed by atoms with Crippen molar-refractivity contribution in [3.63, 3.8) is 0 Å². The SMILES string of the molecule is COc1cc(C=NNC(=O)Cc2ccccc2)ccc1OC(=O)c1ccccc1Cl. The maximum absolute atomic E-state index is 12.3. The highest BCUT2D eigenvalue weighted by Gasteiger charge is 2.15. The van der Waals surface area contributed by atoms with Crippen LogP contribution in [0.3, 0.4) is 0 Å². The number of ether oxygens (including phenoxy) is 2. The Kier molecular flexibility index (Phi) is 7.19. The largest absolute Gasteiger partial charge is 0.493 e. The summed E-state index contributed by atoms with van der Waals surface area (Å²) in [5, 5.41) is 4.26. The van der Waals surface area contributed by atoms with Crippen molar-refractivity contribution < 1.29 is 19.1 Å². The Hall–Kier alpha value is -3.64. The van der Waals surface area contributed by atoms with Gasteiger partial charge in [-0.2, -0.15) is 5.10 Å². The number of halogens is 1. The molecule has 1 N–H and O–H groups in total. The van der Waals surface area contributed by atoms with Gasteiger partial charge in [0.25, 0.3) is 0 Å². The first-order valence-electron chi connectivity index (χ1n) is 9.07. The molecule has 0 atom stereocenters. The molecule has 0 unspecified atom stereocenters. The molecule has 152 valence electrons. The monoisotopic (exact) mass is 422 g/mol. The van der Waals surface area contributed by atoms with Gasteiger partial charge in [0, 0.05) is 0 Å². The molecule has 0 saturated heterocycles. The molecule has 0 saturated carbocycles. The lowest BCUT2D eigenvalue weighted by molar-refractivity contribution is -0.120. The zero-order valence-corrected chi connectivity index (χ0v) is 16.9. The topological polar surface area (TPSA) is 77.0 Å². The molecule has 0 radical (unpaired) electrons. The molecule has 6 nitrogen and oxygen atoms in total. The summed E-state index contributed by atoms with van der Waals surface area (Å²) in [4.78, 5) is 24.3. The maximum Gasteiger partial charge on any atom is 0.345 e. The van der Waals surface area contributed by atoms with Crippen molar-refractivity contribution >= 4 is 29.7 Å². The summed E-state index contributed by atoms with van der Waals surface area (Å²) in [5.41, 5.74) is 4.30. The molecular formula is C23H19ClN2O4. The number of esters is 1. The maximum atomic E-state index is 12.3. The van der Waals surface area contributed by atoms with Crippen molar-refractivity contribution in [3.8, 4) is 11.5 Å². The number of nitrogens with one attached hydrogen (secondary N) is 1. The highest BCUT2D eigenvalue weighted by atomic mass is 35.5. The van der Waals surface area contributed by atoms with Gasteiger partial charge < -0.3 is 9.47 Å². The van der Waals surface area contributed by atoms with Crippen LogP contribution >= 0.6 is 11.6 Å². The standard InChI is InChI=1S/C23H19ClN2O4/c1-29-21-13-17(15-25-26-22(27)14-16-7-3-2-4-8-16)11-12-20(21)30-23(28)18-9-5-6-10-19(18)24/h2-13,15H,14H2,1H3,(H,26,27). The van der Waals surface area contributed by atoms with Gasteiger partial charge in [-0.25, -0.2) is 10.2 Å². The lowest BCUT2D eigenvalue weighted by Gasteiger charge is -2.10. The molecule has 0 aromatic heterocycles. The van der Waals surface area contributed by atoms with E-state index in [0.717, 1.165) is 5.56 Å². The lowest BCUT2D eigenvalue weighted by Crippen LogP contribution is -2.19. The molecule has 0 aliphatic heterocycles. The Morgan fingerprint density at radius 1 is 1.00 bits per heavy atom. The van der Waals surface area contributed by atoms with Crippen molar-refractivity contribution in [2.45, 2.75) is 6.42 Å². The highest BCUT2D eigenvalue weighted by molar-refractivity contribution is 6.33. The average Bonchev–Trinajstić information content (AvgIpc) is 2.75. The van der Waals surface area contributed by atoms with E-state index in [1.165, 1.54) is 13.3 Å². The fraction of sp³-hybridized carbons (Fsp3) is 0.0870. The van der Waals surface area contributed by atoms with Crippen LogP contribution < -0.4 is 14.9 Å². The lowest BCUT2D eigenvalue weighted by atomic mass is 10.1. The minimum atomic E-state index is -0.589. The Morgan fingerprint density at radius 2 is 1.73 bits per heavy atom. The van der Waals surface area contributed by atoms with Crippen molar-refractivity contribution in [1.29, 1.82) is 0 Å². The minimum Gasteiger partial charge on any atom is -0.493 e. The summed E-state index contributed by atoms with van der Waals surface area (Å²) in [6.07, 6.45) is 1.71.